The number of nitrogens with one attached hydrogen (secondary N) is 1. The summed E-state index contributed by atoms with van der Waals surface area (Å²) in [4.78, 5) is 12.1. The van der Waals surface area contributed by atoms with Crippen LogP contribution in [-0.4, -0.2) is 19.1 Å². The molecule has 0 unspecified atom stereocenters. The fourth-order valence-electron chi connectivity index (χ4n) is 2.67. The second-order valence-electron chi connectivity index (χ2n) is 5.48. The van der Waals surface area contributed by atoms with Crippen molar-refractivity contribution >= 4 is 17.5 Å². The van der Waals surface area contributed by atoms with E-state index in [4.69, 9.17) is 22.8 Å². The molecule has 1 aromatic carbocycles. The van der Waals surface area contributed by atoms with Crippen molar-refractivity contribution < 1.29 is 13.9 Å². The van der Waals surface area contributed by atoms with Gasteiger partial charge < -0.3 is 10.1 Å². The lowest BCUT2D eigenvalue weighted by atomic mass is 9.89. The average Bonchev–Trinajstić information content (AvgIpc) is 2.52. The highest BCUT2D eigenvalue weighted by atomic mass is 35.5. The summed E-state index contributed by atoms with van der Waals surface area (Å²) in [5.74, 6) is 1.61. The summed E-state index contributed by atoms with van der Waals surface area (Å²) in [6.45, 7) is 0.539. The van der Waals surface area contributed by atoms with Crippen LogP contribution in [0.4, 0.5) is 4.39 Å². The van der Waals surface area contributed by atoms with Crippen molar-refractivity contribution in [3.8, 4) is 18.1 Å². The molecule has 0 spiro atoms. The molecule has 0 aliphatic heterocycles. The van der Waals surface area contributed by atoms with E-state index in [0.717, 1.165) is 18.9 Å². The van der Waals surface area contributed by atoms with Gasteiger partial charge in [-0.2, -0.15) is 0 Å². The summed E-state index contributed by atoms with van der Waals surface area (Å²) >= 11 is 5.95. The Hall–Kier alpha value is -1.73. The largest absolute Gasteiger partial charge is 0.476 e. The van der Waals surface area contributed by atoms with Crippen LogP contribution in [-0.2, 0) is 0 Å². The smallest absolute Gasteiger partial charge is 0.251 e. The summed E-state index contributed by atoms with van der Waals surface area (Å²) in [5.41, 5.74) is 0.186. The van der Waals surface area contributed by atoms with E-state index in [2.05, 4.69) is 11.2 Å². The third-order valence-electron chi connectivity index (χ3n) is 3.84. The summed E-state index contributed by atoms with van der Waals surface area (Å²) in [5, 5.41) is 2.89. The molecule has 0 radical (unpaired) electrons. The average molecular weight is 324 g/mol. The molecule has 0 aromatic heterocycles. The number of carbonyl (C=O) groups is 1. The summed E-state index contributed by atoms with van der Waals surface area (Å²) in [6.07, 6.45) is 11.0. The van der Waals surface area contributed by atoms with Crippen LogP contribution in [0.2, 0.25) is 5.02 Å². The molecule has 0 heterocycles. The fourth-order valence-corrected chi connectivity index (χ4v) is 2.94. The van der Waals surface area contributed by atoms with E-state index in [1.807, 2.05) is 0 Å². The number of carbonyl (C=O) groups excluding carboxylic acids is 1. The third kappa shape index (κ3) is 4.38. The number of ether oxygens (including phenoxy) is 1. The lowest BCUT2D eigenvalue weighted by Gasteiger charge is -2.21. The number of hydrogen-bond acceptors (Lipinski definition) is 2. The zero-order chi connectivity index (χ0) is 15.9. The topological polar surface area (TPSA) is 38.3 Å². The summed E-state index contributed by atoms with van der Waals surface area (Å²) in [6, 6.07) is 2.51. The fraction of sp³-hybridized carbons (Fsp3) is 0.471. The molecule has 1 amide bonds. The quantitative estimate of drug-likeness (QED) is 0.837. The lowest BCUT2D eigenvalue weighted by Crippen LogP contribution is -2.30. The minimum Gasteiger partial charge on any atom is -0.476 e. The van der Waals surface area contributed by atoms with Crippen molar-refractivity contribution in [2.24, 2.45) is 5.92 Å². The molecule has 1 N–H and O–H groups in total. The van der Waals surface area contributed by atoms with Crippen molar-refractivity contribution in [3.63, 3.8) is 0 Å². The Bertz CT molecular complexity index is 554. The molecule has 1 aliphatic carbocycles. The minimum atomic E-state index is -0.689. The molecule has 1 saturated carbocycles. The normalized spacial score (nSPS) is 15.1. The number of hydrogen-bond donors (Lipinski definition) is 1. The molecule has 1 aliphatic rings. The predicted octanol–water partition coefficient (Wildman–Crippen LogP) is 3.80. The van der Waals surface area contributed by atoms with Gasteiger partial charge in [0.1, 0.15) is 6.61 Å². The van der Waals surface area contributed by atoms with E-state index in [9.17, 15) is 9.18 Å². The summed E-state index contributed by atoms with van der Waals surface area (Å²) < 4.78 is 19.0. The van der Waals surface area contributed by atoms with Crippen LogP contribution in [0.3, 0.4) is 0 Å². The van der Waals surface area contributed by atoms with E-state index in [1.165, 1.54) is 25.3 Å². The second-order valence-corrected chi connectivity index (χ2v) is 5.88. The molecule has 0 bridgehead atoms. The van der Waals surface area contributed by atoms with E-state index < -0.39 is 5.82 Å². The molecule has 1 aromatic rings. The Morgan fingerprint density at radius 2 is 2.14 bits per heavy atom. The molecule has 1 fully saturated rings. The van der Waals surface area contributed by atoms with E-state index in [-0.39, 0.29) is 28.8 Å². The van der Waals surface area contributed by atoms with Crippen molar-refractivity contribution in [2.75, 3.05) is 13.2 Å². The van der Waals surface area contributed by atoms with E-state index in [0.29, 0.717) is 12.5 Å². The Labute approximate surface area is 135 Å². The van der Waals surface area contributed by atoms with Gasteiger partial charge in [-0.05, 0) is 30.9 Å². The van der Waals surface area contributed by atoms with Crippen LogP contribution in [0.25, 0.3) is 0 Å². The van der Waals surface area contributed by atoms with Gasteiger partial charge in [0.2, 0.25) is 0 Å². The molecule has 2 rings (SSSR count). The van der Waals surface area contributed by atoms with Gasteiger partial charge >= 0.3 is 0 Å². The zero-order valence-electron chi connectivity index (χ0n) is 12.3. The molecule has 3 nitrogen and oxygen atoms in total. The van der Waals surface area contributed by atoms with Gasteiger partial charge in [-0.25, -0.2) is 4.39 Å². The Balaban J connectivity index is 1.99. The molecule has 118 valence electrons. The van der Waals surface area contributed by atoms with Crippen LogP contribution in [0.1, 0.15) is 42.5 Å². The van der Waals surface area contributed by atoms with E-state index >= 15 is 0 Å². The van der Waals surface area contributed by atoms with Gasteiger partial charge in [-0.3, -0.25) is 4.79 Å². The molecule has 0 atom stereocenters. The van der Waals surface area contributed by atoms with Crippen LogP contribution in [0.5, 0.6) is 5.75 Å². The number of rotatable bonds is 5. The standard InChI is InChI=1S/C17H19ClFNO2/c1-2-8-22-16-14(18)9-13(10-15(16)19)17(21)20-11-12-6-4-3-5-7-12/h1,9-10,12H,3-8,11H2,(H,20,21). The Kier molecular flexibility index (Phi) is 6.09. The van der Waals surface area contributed by atoms with Gasteiger partial charge in [0.25, 0.3) is 5.91 Å². The van der Waals surface area contributed by atoms with Crippen molar-refractivity contribution in [3.05, 3.63) is 28.5 Å². The van der Waals surface area contributed by atoms with Crippen LogP contribution >= 0.6 is 11.6 Å². The number of benzene rings is 1. The summed E-state index contributed by atoms with van der Waals surface area (Å²) in [7, 11) is 0. The minimum absolute atomic E-state index is 0.0399. The maximum atomic E-state index is 13.9. The maximum Gasteiger partial charge on any atom is 0.251 e. The number of halogens is 2. The van der Waals surface area contributed by atoms with Gasteiger partial charge in [-0.1, -0.05) is 36.8 Å². The zero-order valence-corrected chi connectivity index (χ0v) is 13.1. The first-order valence-electron chi connectivity index (χ1n) is 7.45. The first-order chi connectivity index (χ1) is 10.6. The third-order valence-corrected chi connectivity index (χ3v) is 4.12. The highest BCUT2D eigenvalue weighted by molar-refractivity contribution is 6.32. The molecular formula is C17H19ClFNO2. The van der Waals surface area contributed by atoms with Crippen molar-refractivity contribution in [2.45, 2.75) is 32.1 Å². The predicted molar refractivity (Wildman–Crippen MR) is 84.6 cm³/mol. The highest BCUT2D eigenvalue weighted by Gasteiger charge is 2.17. The first-order valence-corrected chi connectivity index (χ1v) is 7.83. The van der Waals surface area contributed by atoms with Gasteiger partial charge in [0.15, 0.2) is 11.6 Å². The van der Waals surface area contributed by atoms with Crippen LogP contribution < -0.4 is 10.1 Å². The van der Waals surface area contributed by atoms with Gasteiger partial charge in [0.05, 0.1) is 5.02 Å². The first kappa shape index (κ1) is 16.6. The molecular weight excluding hydrogens is 305 g/mol. The maximum absolute atomic E-state index is 13.9. The van der Waals surface area contributed by atoms with Gasteiger partial charge in [-0.15, -0.1) is 6.42 Å². The monoisotopic (exact) mass is 323 g/mol. The van der Waals surface area contributed by atoms with Crippen molar-refractivity contribution in [1.82, 2.24) is 5.32 Å². The molecule has 0 saturated heterocycles. The lowest BCUT2D eigenvalue weighted by molar-refractivity contribution is 0.0943. The SMILES string of the molecule is C#CCOc1c(F)cc(C(=O)NCC2CCCCC2)cc1Cl. The molecule has 22 heavy (non-hydrogen) atoms. The highest BCUT2D eigenvalue weighted by Crippen LogP contribution is 2.29. The van der Waals surface area contributed by atoms with Crippen LogP contribution in [0, 0.1) is 24.1 Å². The molecule has 5 heteroatoms. The van der Waals surface area contributed by atoms with Crippen LogP contribution in [0.15, 0.2) is 12.1 Å². The number of terminal acetylenes is 1. The Morgan fingerprint density at radius 3 is 2.77 bits per heavy atom. The van der Waals surface area contributed by atoms with Crippen molar-refractivity contribution in [1.29, 1.82) is 0 Å². The number of amides is 1. The van der Waals surface area contributed by atoms with Gasteiger partial charge in [0, 0.05) is 12.1 Å². The Morgan fingerprint density at radius 1 is 1.41 bits per heavy atom. The second kappa shape index (κ2) is 8.05. The van der Waals surface area contributed by atoms with E-state index in [1.54, 1.807) is 0 Å².